The van der Waals surface area contributed by atoms with Crippen LogP contribution < -0.4 is 0 Å². The highest BCUT2D eigenvalue weighted by Gasteiger charge is 2.27. The highest BCUT2D eigenvalue weighted by molar-refractivity contribution is 6.35. The molecule has 0 N–H and O–H groups in total. The van der Waals surface area contributed by atoms with Crippen molar-refractivity contribution in [2.75, 3.05) is 0 Å². The summed E-state index contributed by atoms with van der Waals surface area (Å²) in [7, 11) is 0. The smallest absolute Gasteiger partial charge is 0.268 e. The van der Waals surface area contributed by atoms with Crippen molar-refractivity contribution in [3.63, 3.8) is 0 Å². The van der Waals surface area contributed by atoms with Gasteiger partial charge in [0.15, 0.2) is 5.69 Å². The van der Waals surface area contributed by atoms with Crippen LogP contribution in [-0.4, -0.2) is 20.0 Å². The summed E-state index contributed by atoms with van der Waals surface area (Å²) in [5.41, 5.74) is 4.07. The summed E-state index contributed by atoms with van der Waals surface area (Å²) in [6.07, 6.45) is 4.58. The van der Waals surface area contributed by atoms with Crippen LogP contribution in [0, 0.1) is 6.92 Å². The van der Waals surface area contributed by atoms with Gasteiger partial charge in [-0.1, -0.05) is 59.8 Å². The summed E-state index contributed by atoms with van der Waals surface area (Å²) in [4.78, 5) is 0. The second-order valence-electron chi connectivity index (χ2n) is 7.76. The van der Waals surface area contributed by atoms with Crippen molar-refractivity contribution in [2.24, 2.45) is 0 Å². The summed E-state index contributed by atoms with van der Waals surface area (Å²) in [6, 6.07) is 12.9. The van der Waals surface area contributed by atoms with E-state index >= 15 is 0 Å². The van der Waals surface area contributed by atoms with E-state index < -0.39 is 0 Å². The molecule has 0 saturated heterocycles. The molecular weight excluding hydrogens is 455 g/mol. The molecule has 1 saturated carbocycles. The van der Waals surface area contributed by atoms with Crippen LogP contribution in [0.3, 0.4) is 0 Å². The predicted octanol–water partition coefficient (Wildman–Crippen LogP) is 7.52. The molecular formula is C23H19Cl3N4O. The Bertz CT molecular complexity index is 1240. The molecule has 0 unspecified atom stereocenters. The first kappa shape index (κ1) is 20.6. The molecule has 5 nitrogen and oxygen atoms in total. The summed E-state index contributed by atoms with van der Waals surface area (Å²) in [5.74, 6) is 1.45. The van der Waals surface area contributed by atoms with E-state index in [1.807, 2.05) is 37.3 Å². The SMILES string of the molecule is Cc1c(-c2nnc(C3CCCC3)o2)nn(-c2ccc(Cl)cc2Cl)c1-c1ccc(Cl)cc1. The van der Waals surface area contributed by atoms with Crippen LogP contribution in [0.25, 0.3) is 28.5 Å². The minimum absolute atomic E-state index is 0.338. The van der Waals surface area contributed by atoms with E-state index in [-0.39, 0.29) is 0 Å². The Morgan fingerprint density at radius 1 is 0.935 bits per heavy atom. The summed E-state index contributed by atoms with van der Waals surface area (Å²) < 4.78 is 7.87. The first-order chi connectivity index (χ1) is 15.0. The van der Waals surface area contributed by atoms with Gasteiger partial charge in [0.05, 0.1) is 16.4 Å². The highest BCUT2D eigenvalue weighted by atomic mass is 35.5. The molecule has 158 valence electrons. The van der Waals surface area contributed by atoms with Gasteiger partial charge >= 0.3 is 0 Å². The minimum atomic E-state index is 0.338. The van der Waals surface area contributed by atoms with Crippen LogP contribution in [0.5, 0.6) is 0 Å². The molecule has 0 aliphatic heterocycles. The van der Waals surface area contributed by atoms with Crippen LogP contribution in [-0.2, 0) is 0 Å². The molecule has 0 atom stereocenters. The fourth-order valence-electron chi connectivity index (χ4n) is 4.14. The normalized spacial score (nSPS) is 14.5. The van der Waals surface area contributed by atoms with E-state index in [1.54, 1.807) is 16.8 Å². The van der Waals surface area contributed by atoms with Gasteiger partial charge in [0.25, 0.3) is 5.89 Å². The Labute approximate surface area is 195 Å². The van der Waals surface area contributed by atoms with Crippen LogP contribution >= 0.6 is 34.8 Å². The van der Waals surface area contributed by atoms with Crippen LogP contribution in [0.2, 0.25) is 15.1 Å². The lowest BCUT2D eigenvalue weighted by Gasteiger charge is -2.11. The zero-order valence-electron chi connectivity index (χ0n) is 16.8. The summed E-state index contributed by atoms with van der Waals surface area (Å²) in [6.45, 7) is 1.99. The molecule has 8 heteroatoms. The van der Waals surface area contributed by atoms with E-state index in [4.69, 9.17) is 44.3 Å². The van der Waals surface area contributed by atoms with Gasteiger partial charge in [-0.3, -0.25) is 0 Å². The lowest BCUT2D eigenvalue weighted by molar-refractivity contribution is 0.456. The lowest BCUT2D eigenvalue weighted by atomic mass is 10.1. The first-order valence-corrected chi connectivity index (χ1v) is 11.3. The predicted molar refractivity (Wildman–Crippen MR) is 123 cm³/mol. The Morgan fingerprint density at radius 3 is 2.35 bits per heavy atom. The van der Waals surface area contributed by atoms with Gasteiger partial charge in [-0.2, -0.15) is 5.10 Å². The van der Waals surface area contributed by atoms with Crippen molar-refractivity contribution in [3.05, 3.63) is 69.0 Å². The lowest BCUT2D eigenvalue weighted by Crippen LogP contribution is -2.00. The third-order valence-electron chi connectivity index (χ3n) is 5.73. The van der Waals surface area contributed by atoms with Gasteiger partial charge in [0.1, 0.15) is 0 Å². The van der Waals surface area contributed by atoms with Crippen LogP contribution in [0.4, 0.5) is 0 Å². The van der Waals surface area contributed by atoms with Crippen molar-refractivity contribution in [2.45, 2.75) is 38.5 Å². The average molecular weight is 474 g/mol. The molecule has 1 aliphatic carbocycles. The molecule has 1 fully saturated rings. The second-order valence-corrected chi connectivity index (χ2v) is 9.04. The Balaban J connectivity index is 1.67. The molecule has 0 amide bonds. The zero-order valence-corrected chi connectivity index (χ0v) is 19.0. The van der Waals surface area contributed by atoms with Crippen molar-refractivity contribution in [3.8, 4) is 28.5 Å². The quantitative estimate of drug-likeness (QED) is 0.307. The van der Waals surface area contributed by atoms with Gasteiger partial charge in [-0.15, -0.1) is 10.2 Å². The Hall–Kier alpha value is -2.34. The standard InChI is InChI=1S/C23H19Cl3N4O/c1-13-20(23-28-27-22(31-23)15-4-2-3-5-15)29-30(19-11-10-17(25)12-18(19)26)21(13)14-6-8-16(24)9-7-14/h6-12,15H,2-5H2,1H3. The molecule has 2 aromatic carbocycles. The summed E-state index contributed by atoms with van der Waals surface area (Å²) >= 11 is 18.8. The Morgan fingerprint density at radius 2 is 1.65 bits per heavy atom. The van der Waals surface area contributed by atoms with Crippen molar-refractivity contribution in [1.29, 1.82) is 0 Å². The number of halogens is 3. The molecule has 31 heavy (non-hydrogen) atoms. The molecule has 4 aromatic rings. The number of benzene rings is 2. The van der Waals surface area contributed by atoms with E-state index in [1.165, 1.54) is 12.8 Å². The maximum absolute atomic E-state index is 6.53. The molecule has 5 rings (SSSR count). The van der Waals surface area contributed by atoms with Gasteiger partial charge in [0, 0.05) is 27.1 Å². The third-order valence-corrected chi connectivity index (χ3v) is 6.52. The number of nitrogens with zero attached hydrogens (tertiary/aromatic N) is 4. The zero-order chi connectivity index (χ0) is 21.5. The molecule has 0 bridgehead atoms. The van der Waals surface area contributed by atoms with Crippen molar-refractivity contribution < 1.29 is 4.42 Å². The highest BCUT2D eigenvalue weighted by Crippen LogP contribution is 2.38. The minimum Gasteiger partial charge on any atom is -0.419 e. The fraction of sp³-hybridized carbons (Fsp3) is 0.261. The summed E-state index contributed by atoms with van der Waals surface area (Å²) in [5, 5.41) is 15.2. The van der Waals surface area contributed by atoms with Gasteiger partial charge < -0.3 is 4.42 Å². The Kier molecular flexibility index (Phi) is 5.51. The van der Waals surface area contributed by atoms with Crippen molar-refractivity contribution in [1.82, 2.24) is 20.0 Å². The third kappa shape index (κ3) is 3.86. The molecule has 1 aliphatic rings. The van der Waals surface area contributed by atoms with Crippen LogP contribution in [0.1, 0.15) is 43.1 Å². The van der Waals surface area contributed by atoms with Gasteiger partial charge in [0.2, 0.25) is 5.89 Å². The van der Waals surface area contributed by atoms with E-state index in [2.05, 4.69) is 10.2 Å². The first-order valence-electron chi connectivity index (χ1n) is 10.2. The maximum atomic E-state index is 6.53. The van der Waals surface area contributed by atoms with Crippen LogP contribution in [0.15, 0.2) is 46.9 Å². The molecule has 0 spiro atoms. The number of rotatable bonds is 4. The fourth-order valence-corrected chi connectivity index (χ4v) is 4.76. The number of hydrogen-bond donors (Lipinski definition) is 0. The monoisotopic (exact) mass is 472 g/mol. The number of hydrogen-bond acceptors (Lipinski definition) is 4. The number of aromatic nitrogens is 4. The van der Waals surface area contributed by atoms with E-state index in [0.717, 1.165) is 29.7 Å². The molecule has 2 heterocycles. The van der Waals surface area contributed by atoms with E-state index in [0.29, 0.717) is 44.1 Å². The van der Waals surface area contributed by atoms with Crippen molar-refractivity contribution >= 4 is 34.8 Å². The average Bonchev–Trinajstić information content (AvgIpc) is 3.48. The van der Waals surface area contributed by atoms with E-state index in [9.17, 15) is 0 Å². The van der Waals surface area contributed by atoms with Gasteiger partial charge in [-0.05, 0) is 50.1 Å². The molecule has 0 radical (unpaired) electrons. The second kappa shape index (κ2) is 8.30. The van der Waals surface area contributed by atoms with Gasteiger partial charge in [-0.25, -0.2) is 4.68 Å². The maximum Gasteiger partial charge on any atom is 0.268 e. The largest absolute Gasteiger partial charge is 0.419 e. The topological polar surface area (TPSA) is 56.7 Å². The molecule has 2 aromatic heterocycles.